The molecule has 2 N–H and O–H groups in total. The number of fused-ring (bicyclic) bond motifs is 1. The van der Waals surface area contributed by atoms with Gasteiger partial charge < -0.3 is 33.8 Å². The van der Waals surface area contributed by atoms with Crippen molar-refractivity contribution in [3.63, 3.8) is 0 Å². The molecule has 2 aromatic carbocycles. The van der Waals surface area contributed by atoms with Gasteiger partial charge in [0.25, 0.3) is 0 Å². The number of hydrogen-bond acceptors (Lipinski definition) is 11. The van der Waals surface area contributed by atoms with E-state index < -0.39 is 55.2 Å². The summed E-state index contributed by atoms with van der Waals surface area (Å²) in [5, 5.41) is 10.8. The Morgan fingerprint density at radius 3 is 2.14 bits per heavy atom. The van der Waals surface area contributed by atoms with Crippen LogP contribution in [0.25, 0.3) is 17.0 Å². The second-order valence-electron chi connectivity index (χ2n) is 11.8. The van der Waals surface area contributed by atoms with E-state index in [0.29, 0.717) is 19.6 Å². The summed E-state index contributed by atoms with van der Waals surface area (Å²) in [4.78, 5) is 55.2. The Morgan fingerprint density at radius 2 is 1.49 bits per heavy atom. The molecule has 0 unspecified atom stereocenters. The standard InChI is InChI=1S/C37H46N2O10/c1-5-31(42)47-34-24(4)46-37(36(49-33(44)7-3)35(34)48-32(43)6-2)45-23-28(41)17-16-25-12-14-26(15-13-25)21-39(18-19-40)22-27-20-38-30-11-9-8-10-29(27)30/h8-17,20,24,34-38,40H,5-7,18-19,21-23H2,1-4H3/b17-16+/t24-,34+,35+,36-,37+/m0/s1. The normalized spacial score (nSPS) is 20.8. The minimum Gasteiger partial charge on any atom is -0.455 e. The fourth-order valence-electron chi connectivity index (χ4n) is 5.49. The van der Waals surface area contributed by atoms with Crippen LogP contribution in [0.15, 0.2) is 60.8 Å². The van der Waals surface area contributed by atoms with Gasteiger partial charge in [0.1, 0.15) is 6.61 Å². The highest BCUT2D eigenvalue weighted by Crippen LogP contribution is 2.30. The van der Waals surface area contributed by atoms with Gasteiger partial charge in [0, 0.05) is 56.0 Å². The van der Waals surface area contributed by atoms with Crippen LogP contribution < -0.4 is 0 Å². The number of esters is 3. The van der Waals surface area contributed by atoms with E-state index in [9.17, 15) is 24.3 Å². The number of para-hydroxylation sites is 1. The van der Waals surface area contributed by atoms with Gasteiger partial charge in [0.2, 0.25) is 0 Å². The number of nitrogens with zero attached hydrogens (tertiary/aromatic N) is 1. The molecule has 5 atom stereocenters. The van der Waals surface area contributed by atoms with Crippen LogP contribution in [0, 0.1) is 0 Å². The lowest BCUT2D eigenvalue weighted by Crippen LogP contribution is -2.61. The highest BCUT2D eigenvalue weighted by Gasteiger charge is 2.51. The van der Waals surface area contributed by atoms with Crippen LogP contribution in [0.2, 0.25) is 0 Å². The smallest absolute Gasteiger partial charge is 0.306 e. The topological polar surface area (TPSA) is 154 Å². The number of aromatic amines is 1. The zero-order valence-corrected chi connectivity index (χ0v) is 28.5. The summed E-state index contributed by atoms with van der Waals surface area (Å²) >= 11 is 0. The molecule has 3 aromatic rings. The van der Waals surface area contributed by atoms with Crippen LogP contribution in [-0.4, -0.2) is 89.1 Å². The molecule has 0 spiro atoms. The van der Waals surface area contributed by atoms with Crippen LogP contribution in [-0.2, 0) is 56.0 Å². The maximum absolute atomic E-state index is 12.8. The number of aliphatic hydroxyl groups is 1. The molecule has 0 saturated carbocycles. The van der Waals surface area contributed by atoms with Gasteiger partial charge in [-0.25, -0.2) is 0 Å². The third-order valence-corrected chi connectivity index (χ3v) is 8.12. The summed E-state index contributed by atoms with van der Waals surface area (Å²) in [6.45, 7) is 7.90. The number of ketones is 1. The molecule has 49 heavy (non-hydrogen) atoms. The summed E-state index contributed by atoms with van der Waals surface area (Å²) < 4.78 is 28.4. The van der Waals surface area contributed by atoms with Gasteiger partial charge in [-0.15, -0.1) is 0 Å². The highest BCUT2D eigenvalue weighted by atomic mass is 16.7. The van der Waals surface area contributed by atoms with Crippen molar-refractivity contribution in [2.24, 2.45) is 0 Å². The lowest BCUT2D eigenvalue weighted by Gasteiger charge is -2.43. The first-order valence-corrected chi connectivity index (χ1v) is 16.7. The summed E-state index contributed by atoms with van der Waals surface area (Å²) in [7, 11) is 0. The summed E-state index contributed by atoms with van der Waals surface area (Å²) in [6.07, 6.45) is -0.413. The Morgan fingerprint density at radius 1 is 0.857 bits per heavy atom. The molecule has 0 amide bonds. The zero-order chi connectivity index (χ0) is 35.3. The van der Waals surface area contributed by atoms with Crippen LogP contribution >= 0.6 is 0 Å². The number of ether oxygens (including phenoxy) is 5. The Kier molecular flexibility index (Phi) is 14.1. The van der Waals surface area contributed by atoms with Crippen LogP contribution in [0.5, 0.6) is 0 Å². The fraction of sp³-hybridized carbons (Fsp3) is 0.459. The van der Waals surface area contributed by atoms with Crippen molar-refractivity contribution in [1.82, 2.24) is 9.88 Å². The molecule has 1 saturated heterocycles. The number of nitrogens with one attached hydrogen (secondary N) is 1. The third-order valence-electron chi connectivity index (χ3n) is 8.12. The highest BCUT2D eigenvalue weighted by molar-refractivity contribution is 5.94. The van der Waals surface area contributed by atoms with Crippen molar-refractivity contribution in [3.8, 4) is 0 Å². The van der Waals surface area contributed by atoms with Gasteiger partial charge in [-0.05, 0) is 35.8 Å². The SMILES string of the molecule is CCC(=O)O[C@H]1[C@H](OC(=O)CC)[C@H](OCC(=O)/C=C/c2ccc(CN(CCO)Cc3c[nH]c4ccccc34)cc2)O[C@@H](C)[C@H]1OC(=O)CC. The predicted molar refractivity (Wildman–Crippen MR) is 181 cm³/mol. The summed E-state index contributed by atoms with van der Waals surface area (Å²) in [6, 6.07) is 15.9. The lowest BCUT2D eigenvalue weighted by atomic mass is 9.98. The van der Waals surface area contributed by atoms with Gasteiger partial charge in [0.05, 0.1) is 12.7 Å². The molecule has 0 bridgehead atoms. The molecule has 2 heterocycles. The van der Waals surface area contributed by atoms with Gasteiger partial charge in [0.15, 0.2) is 30.4 Å². The Bertz CT molecular complexity index is 1580. The molecule has 1 aliphatic rings. The maximum Gasteiger partial charge on any atom is 0.306 e. The molecule has 1 fully saturated rings. The van der Waals surface area contributed by atoms with E-state index in [0.717, 1.165) is 27.6 Å². The van der Waals surface area contributed by atoms with Crippen molar-refractivity contribution in [1.29, 1.82) is 0 Å². The lowest BCUT2D eigenvalue weighted by molar-refractivity contribution is -0.299. The zero-order valence-electron chi connectivity index (χ0n) is 28.5. The quantitative estimate of drug-likeness (QED) is 0.118. The molecule has 0 radical (unpaired) electrons. The number of rotatable bonds is 17. The van der Waals surface area contributed by atoms with Crippen molar-refractivity contribution in [2.75, 3.05) is 19.8 Å². The van der Waals surface area contributed by atoms with E-state index >= 15 is 0 Å². The summed E-state index contributed by atoms with van der Waals surface area (Å²) in [5.41, 5.74) is 4.08. The van der Waals surface area contributed by atoms with Crippen LogP contribution in [0.1, 0.15) is 63.6 Å². The van der Waals surface area contributed by atoms with E-state index in [4.69, 9.17) is 23.7 Å². The molecule has 0 aliphatic carbocycles. The number of carbonyl (C=O) groups excluding carboxylic acids is 4. The fourth-order valence-corrected chi connectivity index (χ4v) is 5.49. The van der Waals surface area contributed by atoms with Gasteiger partial charge in [-0.2, -0.15) is 0 Å². The Balaban J connectivity index is 1.38. The second-order valence-corrected chi connectivity index (χ2v) is 11.8. The largest absolute Gasteiger partial charge is 0.455 e. The third kappa shape index (κ3) is 10.6. The Labute approximate surface area is 286 Å². The van der Waals surface area contributed by atoms with Crippen LogP contribution in [0.4, 0.5) is 0 Å². The van der Waals surface area contributed by atoms with E-state index in [-0.39, 0.29) is 31.7 Å². The number of benzene rings is 2. The number of hydrogen-bond donors (Lipinski definition) is 2. The average Bonchev–Trinajstić information content (AvgIpc) is 3.51. The molecule has 1 aliphatic heterocycles. The number of aromatic nitrogens is 1. The van der Waals surface area contributed by atoms with Gasteiger partial charge >= 0.3 is 17.9 Å². The Hall–Kier alpha value is -4.36. The van der Waals surface area contributed by atoms with E-state index in [1.165, 1.54) is 6.08 Å². The first kappa shape index (κ1) is 37.5. The average molecular weight is 679 g/mol. The molecule has 12 heteroatoms. The first-order valence-electron chi connectivity index (χ1n) is 16.7. The van der Waals surface area contributed by atoms with E-state index in [1.807, 2.05) is 48.7 Å². The monoisotopic (exact) mass is 678 g/mol. The van der Waals surface area contributed by atoms with Crippen LogP contribution in [0.3, 0.4) is 0 Å². The van der Waals surface area contributed by atoms with E-state index in [1.54, 1.807) is 33.8 Å². The van der Waals surface area contributed by atoms with Gasteiger partial charge in [-0.3, -0.25) is 24.1 Å². The molecule has 1 aromatic heterocycles. The van der Waals surface area contributed by atoms with Gasteiger partial charge in [-0.1, -0.05) is 69.3 Å². The van der Waals surface area contributed by atoms with E-state index in [2.05, 4.69) is 16.0 Å². The molecular formula is C37H46N2O10. The first-order chi connectivity index (χ1) is 23.6. The molecular weight excluding hydrogens is 632 g/mol. The molecule has 12 nitrogen and oxygen atoms in total. The predicted octanol–water partition coefficient (Wildman–Crippen LogP) is 4.47. The maximum atomic E-state index is 12.8. The summed E-state index contributed by atoms with van der Waals surface area (Å²) in [5.74, 6) is -2.12. The number of aliphatic hydroxyl groups excluding tert-OH is 1. The molecule has 4 rings (SSSR count). The minimum atomic E-state index is -1.28. The van der Waals surface area contributed by atoms with Crippen molar-refractivity contribution in [2.45, 2.75) is 90.8 Å². The van der Waals surface area contributed by atoms with Crippen molar-refractivity contribution >= 4 is 40.7 Å². The number of H-pyrrole nitrogens is 1. The number of carbonyl (C=O) groups is 4. The van der Waals surface area contributed by atoms with Crippen molar-refractivity contribution < 1.29 is 48.0 Å². The van der Waals surface area contributed by atoms with Crippen molar-refractivity contribution in [3.05, 3.63) is 77.5 Å². The molecule has 264 valence electrons. The minimum absolute atomic E-state index is 0.0245. The second kappa shape index (κ2) is 18.4.